The van der Waals surface area contributed by atoms with Crippen molar-refractivity contribution in [1.29, 1.82) is 0 Å². The molecule has 0 aliphatic carbocycles. The summed E-state index contributed by atoms with van der Waals surface area (Å²) in [4.78, 5) is 12.6. The molecule has 0 spiro atoms. The molecule has 4 rings (SSSR count). The molecule has 3 aromatic carbocycles. The third kappa shape index (κ3) is 5.85. The minimum Gasteiger partial charge on any atom is -0.435 e. The van der Waals surface area contributed by atoms with Crippen molar-refractivity contribution < 1.29 is 22.7 Å². The number of ketones is 1. The molecule has 0 unspecified atom stereocenters. The first-order chi connectivity index (χ1) is 16.5. The lowest BCUT2D eigenvalue weighted by molar-refractivity contribution is -0.0498. The summed E-state index contributed by atoms with van der Waals surface area (Å²) in [5, 5.41) is 8.90. The van der Waals surface area contributed by atoms with Gasteiger partial charge in [-0.15, -0.1) is 10.2 Å². The number of hydrogen-bond donors (Lipinski definition) is 0. The molecule has 9 heteroatoms. The van der Waals surface area contributed by atoms with Gasteiger partial charge in [0.15, 0.2) is 16.8 Å². The van der Waals surface area contributed by atoms with Crippen LogP contribution in [-0.2, 0) is 13.0 Å². The van der Waals surface area contributed by atoms with Crippen LogP contribution in [0.25, 0.3) is 11.4 Å². The minimum absolute atomic E-state index is 0.0191. The fourth-order valence-corrected chi connectivity index (χ4v) is 4.22. The van der Waals surface area contributed by atoms with E-state index >= 15 is 0 Å². The standard InChI is InChI=1S/C25H20F3N3O2S/c26-21-9-5-4-8-20(21)23-29-30-25(31(23)15-14-17-6-2-1-3-7-17)34-16-22(32)18-10-12-19(13-11-18)33-24(27)28/h1-13,24H,14-16H2. The Balaban J connectivity index is 1.52. The Morgan fingerprint density at radius 2 is 1.65 bits per heavy atom. The average molecular weight is 484 g/mol. The maximum absolute atomic E-state index is 14.5. The lowest BCUT2D eigenvalue weighted by Crippen LogP contribution is -2.08. The van der Waals surface area contributed by atoms with Gasteiger partial charge in [0.1, 0.15) is 11.6 Å². The number of Topliss-reactive ketones (excluding diaryl/α,β-unsaturated/α-hetero) is 1. The van der Waals surface area contributed by atoms with Crippen molar-refractivity contribution >= 4 is 17.5 Å². The first-order valence-corrected chi connectivity index (χ1v) is 11.4. The fourth-order valence-electron chi connectivity index (χ4n) is 3.36. The molecular formula is C25H20F3N3O2S. The van der Waals surface area contributed by atoms with Gasteiger partial charge in [0.05, 0.1) is 11.3 Å². The number of carbonyl (C=O) groups excluding carboxylic acids is 1. The van der Waals surface area contributed by atoms with E-state index in [0.29, 0.717) is 35.1 Å². The zero-order valence-corrected chi connectivity index (χ0v) is 18.7. The molecule has 0 radical (unpaired) electrons. The normalized spacial score (nSPS) is 11.1. The molecule has 0 aliphatic heterocycles. The van der Waals surface area contributed by atoms with Crippen molar-refractivity contribution in [3.05, 3.63) is 95.8 Å². The van der Waals surface area contributed by atoms with E-state index in [4.69, 9.17) is 0 Å². The molecule has 0 saturated carbocycles. The highest BCUT2D eigenvalue weighted by atomic mass is 32.2. The van der Waals surface area contributed by atoms with E-state index in [-0.39, 0.29) is 17.3 Å². The number of aryl methyl sites for hydroxylation is 1. The van der Waals surface area contributed by atoms with E-state index in [1.807, 2.05) is 34.9 Å². The Kier molecular flexibility index (Phi) is 7.64. The summed E-state index contributed by atoms with van der Waals surface area (Å²) >= 11 is 1.19. The number of carbonyl (C=O) groups is 1. The van der Waals surface area contributed by atoms with Crippen molar-refractivity contribution in [2.45, 2.75) is 24.7 Å². The summed E-state index contributed by atoms with van der Waals surface area (Å²) < 4.78 is 45.2. The molecule has 174 valence electrons. The molecule has 5 nitrogen and oxygen atoms in total. The minimum atomic E-state index is -2.93. The molecule has 0 aliphatic rings. The van der Waals surface area contributed by atoms with Crippen LogP contribution >= 0.6 is 11.8 Å². The van der Waals surface area contributed by atoms with E-state index in [0.717, 1.165) is 5.56 Å². The van der Waals surface area contributed by atoms with Crippen LogP contribution in [0, 0.1) is 5.82 Å². The van der Waals surface area contributed by atoms with Crippen molar-refractivity contribution in [2.24, 2.45) is 0 Å². The number of thioether (sulfide) groups is 1. The molecule has 34 heavy (non-hydrogen) atoms. The quantitative estimate of drug-likeness (QED) is 0.208. The summed E-state index contributed by atoms with van der Waals surface area (Å²) in [6, 6.07) is 21.7. The average Bonchev–Trinajstić information content (AvgIpc) is 3.24. The van der Waals surface area contributed by atoms with Crippen molar-refractivity contribution in [3.63, 3.8) is 0 Å². The number of hydrogen-bond acceptors (Lipinski definition) is 5. The molecule has 0 atom stereocenters. The van der Waals surface area contributed by atoms with Crippen LogP contribution in [-0.4, -0.2) is 32.9 Å². The van der Waals surface area contributed by atoms with E-state index in [1.165, 1.54) is 42.1 Å². The van der Waals surface area contributed by atoms with Crippen molar-refractivity contribution in [2.75, 3.05) is 5.75 Å². The largest absolute Gasteiger partial charge is 0.435 e. The Morgan fingerprint density at radius 1 is 0.941 bits per heavy atom. The second-order valence-corrected chi connectivity index (χ2v) is 8.23. The predicted octanol–water partition coefficient (Wildman–Crippen LogP) is 5.90. The van der Waals surface area contributed by atoms with Gasteiger partial charge in [0.2, 0.25) is 0 Å². The first kappa shape index (κ1) is 23.6. The Labute approximate surface area is 198 Å². The van der Waals surface area contributed by atoms with Crippen LogP contribution in [0.2, 0.25) is 0 Å². The van der Waals surface area contributed by atoms with Gasteiger partial charge in [0.25, 0.3) is 0 Å². The van der Waals surface area contributed by atoms with Crippen LogP contribution in [0.4, 0.5) is 13.2 Å². The van der Waals surface area contributed by atoms with E-state index < -0.39 is 12.4 Å². The smallest absolute Gasteiger partial charge is 0.387 e. The van der Waals surface area contributed by atoms with Gasteiger partial charge >= 0.3 is 6.61 Å². The third-order valence-electron chi connectivity index (χ3n) is 5.03. The highest BCUT2D eigenvalue weighted by Crippen LogP contribution is 2.27. The molecule has 0 bridgehead atoms. The maximum Gasteiger partial charge on any atom is 0.387 e. The SMILES string of the molecule is O=C(CSc1nnc(-c2ccccc2F)n1CCc1ccccc1)c1ccc(OC(F)F)cc1. The third-order valence-corrected chi connectivity index (χ3v) is 6.00. The molecule has 0 fully saturated rings. The number of alkyl halides is 2. The van der Waals surface area contributed by atoms with Gasteiger partial charge in [-0.25, -0.2) is 4.39 Å². The number of benzene rings is 3. The van der Waals surface area contributed by atoms with Crippen LogP contribution in [0.15, 0.2) is 84.0 Å². The monoisotopic (exact) mass is 483 g/mol. The molecular weight excluding hydrogens is 463 g/mol. The molecule has 0 amide bonds. The maximum atomic E-state index is 14.5. The fraction of sp³-hybridized carbons (Fsp3) is 0.160. The zero-order valence-electron chi connectivity index (χ0n) is 17.9. The van der Waals surface area contributed by atoms with E-state index in [1.54, 1.807) is 18.2 Å². The number of nitrogens with zero attached hydrogens (tertiary/aromatic N) is 3. The molecule has 1 heterocycles. The lowest BCUT2D eigenvalue weighted by Gasteiger charge is -2.11. The number of aromatic nitrogens is 3. The summed E-state index contributed by atoms with van der Waals surface area (Å²) in [6.45, 7) is -2.43. The summed E-state index contributed by atoms with van der Waals surface area (Å²) in [7, 11) is 0. The predicted molar refractivity (Wildman–Crippen MR) is 124 cm³/mol. The molecule has 4 aromatic rings. The zero-order chi connectivity index (χ0) is 23.9. The van der Waals surface area contributed by atoms with Crippen LogP contribution < -0.4 is 4.74 Å². The molecule has 1 aromatic heterocycles. The number of halogens is 3. The van der Waals surface area contributed by atoms with Crippen molar-refractivity contribution in [3.8, 4) is 17.1 Å². The van der Waals surface area contributed by atoms with Crippen LogP contribution in [0.1, 0.15) is 15.9 Å². The van der Waals surface area contributed by atoms with Gasteiger partial charge in [-0.3, -0.25) is 4.79 Å². The van der Waals surface area contributed by atoms with Crippen molar-refractivity contribution in [1.82, 2.24) is 14.8 Å². The molecule has 0 N–H and O–H groups in total. The second kappa shape index (κ2) is 11.0. The summed E-state index contributed by atoms with van der Waals surface area (Å²) in [5.74, 6) is -0.199. The Hall–Kier alpha value is -3.59. The highest BCUT2D eigenvalue weighted by Gasteiger charge is 2.18. The van der Waals surface area contributed by atoms with E-state index in [2.05, 4.69) is 14.9 Å². The summed E-state index contributed by atoms with van der Waals surface area (Å²) in [5.41, 5.74) is 1.79. The molecule has 0 saturated heterocycles. The number of ether oxygens (including phenoxy) is 1. The topological polar surface area (TPSA) is 57.0 Å². The number of rotatable bonds is 10. The van der Waals surface area contributed by atoms with E-state index in [9.17, 15) is 18.0 Å². The Bertz CT molecular complexity index is 1250. The van der Waals surface area contributed by atoms with Gasteiger partial charge in [0, 0.05) is 12.1 Å². The van der Waals surface area contributed by atoms with Gasteiger partial charge in [-0.05, 0) is 48.4 Å². The van der Waals surface area contributed by atoms with Crippen LogP contribution in [0.3, 0.4) is 0 Å². The summed E-state index contributed by atoms with van der Waals surface area (Å²) in [6.07, 6.45) is 0.674. The second-order valence-electron chi connectivity index (χ2n) is 7.29. The van der Waals surface area contributed by atoms with Gasteiger partial charge < -0.3 is 9.30 Å². The van der Waals surface area contributed by atoms with Gasteiger partial charge in [-0.1, -0.05) is 54.2 Å². The lowest BCUT2D eigenvalue weighted by atomic mass is 10.1. The Morgan fingerprint density at radius 3 is 2.35 bits per heavy atom. The van der Waals surface area contributed by atoms with Crippen LogP contribution in [0.5, 0.6) is 5.75 Å². The first-order valence-electron chi connectivity index (χ1n) is 10.4. The highest BCUT2D eigenvalue weighted by molar-refractivity contribution is 7.99. The van der Waals surface area contributed by atoms with Gasteiger partial charge in [-0.2, -0.15) is 8.78 Å².